The van der Waals surface area contributed by atoms with E-state index in [0.717, 1.165) is 20.9 Å². The quantitative estimate of drug-likeness (QED) is 0.368. The van der Waals surface area contributed by atoms with E-state index in [-0.39, 0.29) is 11.7 Å². The highest BCUT2D eigenvalue weighted by Gasteiger charge is 2.26. The SMILES string of the molecule is N#Cc1ccccc1Sc1ccccc1C(=O)Nc1ccc2c(c1)C(=O)c1ccccc1-2. The van der Waals surface area contributed by atoms with Gasteiger partial charge in [0.15, 0.2) is 5.78 Å². The molecule has 0 saturated carbocycles. The summed E-state index contributed by atoms with van der Waals surface area (Å²) in [6.45, 7) is 0. The summed E-state index contributed by atoms with van der Waals surface area (Å²) in [6, 6.07) is 29.7. The van der Waals surface area contributed by atoms with E-state index in [1.807, 2.05) is 66.7 Å². The Bertz CT molecular complexity index is 1440. The summed E-state index contributed by atoms with van der Waals surface area (Å²) in [7, 11) is 0. The summed E-state index contributed by atoms with van der Waals surface area (Å²) < 4.78 is 0. The van der Waals surface area contributed by atoms with Gasteiger partial charge in [-0.15, -0.1) is 0 Å². The van der Waals surface area contributed by atoms with E-state index in [1.54, 1.807) is 24.3 Å². The normalized spacial score (nSPS) is 11.4. The van der Waals surface area contributed by atoms with Gasteiger partial charge in [-0.3, -0.25) is 9.59 Å². The lowest BCUT2D eigenvalue weighted by Crippen LogP contribution is -2.13. The highest BCUT2D eigenvalue weighted by Crippen LogP contribution is 2.38. The van der Waals surface area contributed by atoms with Crippen molar-refractivity contribution in [1.82, 2.24) is 0 Å². The van der Waals surface area contributed by atoms with Crippen molar-refractivity contribution in [2.45, 2.75) is 9.79 Å². The van der Waals surface area contributed by atoms with Crippen molar-refractivity contribution in [2.75, 3.05) is 5.32 Å². The van der Waals surface area contributed by atoms with Crippen LogP contribution in [-0.4, -0.2) is 11.7 Å². The fourth-order valence-corrected chi connectivity index (χ4v) is 4.84. The molecule has 0 fully saturated rings. The molecule has 0 unspecified atom stereocenters. The number of anilines is 1. The average Bonchev–Trinajstić information content (AvgIpc) is 3.11. The van der Waals surface area contributed by atoms with Crippen LogP contribution < -0.4 is 5.32 Å². The van der Waals surface area contributed by atoms with E-state index in [2.05, 4.69) is 11.4 Å². The molecule has 0 aliphatic heterocycles. The van der Waals surface area contributed by atoms with Crippen molar-refractivity contribution in [3.05, 3.63) is 113 Å². The van der Waals surface area contributed by atoms with E-state index in [1.165, 1.54) is 11.8 Å². The number of amides is 1. The van der Waals surface area contributed by atoms with Crippen LogP contribution in [0.2, 0.25) is 0 Å². The molecule has 1 aliphatic rings. The fraction of sp³-hybridized carbons (Fsp3) is 0. The molecule has 0 aromatic heterocycles. The molecule has 152 valence electrons. The molecule has 5 rings (SSSR count). The van der Waals surface area contributed by atoms with Crippen molar-refractivity contribution in [3.8, 4) is 17.2 Å². The minimum Gasteiger partial charge on any atom is -0.322 e. The molecule has 5 heteroatoms. The van der Waals surface area contributed by atoms with Gasteiger partial charge in [-0.1, -0.05) is 66.4 Å². The van der Waals surface area contributed by atoms with Crippen LogP contribution in [0.25, 0.3) is 11.1 Å². The van der Waals surface area contributed by atoms with Gasteiger partial charge < -0.3 is 5.32 Å². The van der Waals surface area contributed by atoms with E-state index in [9.17, 15) is 14.9 Å². The van der Waals surface area contributed by atoms with Crippen LogP contribution in [0.5, 0.6) is 0 Å². The molecule has 4 nitrogen and oxygen atoms in total. The minimum atomic E-state index is -0.273. The fourth-order valence-electron chi connectivity index (χ4n) is 3.81. The number of nitriles is 1. The summed E-state index contributed by atoms with van der Waals surface area (Å²) >= 11 is 1.38. The Morgan fingerprint density at radius 2 is 1.41 bits per heavy atom. The van der Waals surface area contributed by atoms with Crippen molar-refractivity contribution in [1.29, 1.82) is 5.26 Å². The second-order valence-electron chi connectivity index (χ2n) is 7.30. The maximum atomic E-state index is 13.1. The molecule has 0 heterocycles. The molecule has 0 spiro atoms. The van der Waals surface area contributed by atoms with Crippen LogP contribution in [0, 0.1) is 11.3 Å². The number of fused-ring (bicyclic) bond motifs is 3. The molecule has 0 bridgehead atoms. The van der Waals surface area contributed by atoms with Gasteiger partial charge in [0.25, 0.3) is 5.91 Å². The minimum absolute atomic E-state index is 0.0317. The first-order valence-corrected chi connectivity index (χ1v) is 10.8. The number of carbonyl (C=O) groups is 2. The largest absolute Gasteiger partial charge is 0.322 e. The Hall–Kier alpha value is -4.14. The van der Waals surface area contributed by atoms with Gasteiger partial charge in [0, 0.05) is 26.6 Å². The molecular weight excluding hydrogens is 416 g/mol. The highest BCUT2D eigenvalue weighted by atomic mass is 32.2. The van der Waals surface area contributed by atoms with Crippen LogP contribution in [0.3, 0.4) is 0 Å². The standard InChI is InChI=1S/C27H16N2O2S/c28-16-17-7-1-5-11-24(17)32-25-12-6-4-10-22(25)27(31)29-18-13-14-20-19-8-2-3-9-21(19)26(30)23(20)15-18/h1-15H,(H,29,31). The molecule has 4 aromatic rings. The number of hydrogen-bond donors (Lipinski definition) is 1. The highest BCUT2D eigenvalue weighted by molar-refractivity contribution is 7.99. The Labute approximate surface area is 189 Å². The zero-order valence-electron chi connectivity index (χ0n) is 16.8. The predicted octanol–water partition coefficient (Wildman–Crippen LogP) is 6.17. The van der Waals surface area contributed by atoms with Gasteiger partial charge in [0.2, 0.25) is 0 Å². The lowest BCUT2D eigenvalue weighted by Gasteiger charge is -2.11. The van der Waals surface area contributed by atoms with Crippen LogP contribution in [0.1, 0.15) is 31.8 Å². The van der Waals surface area contributed by atoms with Gasteiger partial charge in [-0.05, 0) is 47.5 Å². The molecule has 1 aliphatic carbocycles. The second kappa shape index (κ2) is 8.18. The summed E-state index contributed by atoms with van der Waals surface area (Å²) in [4.78, 5) is 27.4. The van der Waals surface area contributed by atoms with Crippen LogP contribution in [-0.2, 0) is 0 Å². The number of carbonyl (C=O) groups excluding carboxylic acids is 2. The Morgan fingerprint density at radius 1 is 0.750 bits per heavy atom. The summed E-state index contributed by atoms with van der Waals surface area (Å²) in [5.74, 6) is -0.304. The van der Waals surface area contributed by atoms with Gasteiger partial charge >= 0.3 is 0 Å². The summed E-state index contributed by atoms with van der Waals surface area (Å²) in [5, 5.41) is 12.3. The molecule has 1 amide bonds. The summed E-state index contributed by atoms with van der Waals surface area (Å²) in [5.41, 5.74) is 4.70. The number of hydrogen-bond acceptors (Lipinski definition) is 4. The van der Waals surface area contributed by atoms with Gasteiger partial charge in [-0.25, -0.2) is 0 Å². The van der Waals surface area contributed by atoms with Crippen molar-refractivity contribution in [2.24, 2.45) is 0 Å². The first-order valence-electron chi connectivity index (χ1n) is 10.0. The second-order valence-corrected chi connectivity index (χ2v) is 8.38. The molecule has 0 atom stereocenters. The molecular formula is C27H16N2O2S. The van der Waals surface area contributed by atoms with E-state index in [4.69, 9.17) is 0 Å². The predicted molar refractivity (Wildman–Crippen MR) is 125 cm³/mol. The lowest BCUT2D eigenvalue weighted by molar-refractivity contribution is 0.102. The molecule has 0 saturated heterocycles. The third-order valence-electron chi connectivity index (χ3n) is 5.34. The van der Waals surface area contributed by atoms with E-state index < -0.39 is 0 Å². The Balaban J connectivity index is 1.43. The van der Waals surface area contributed by atoms with Crippen LogP contribution >= 0.6 is 11.8 Å². The van der Waals surface area contributed by atoms with E-state index in [0.29, 0.717) is 27.9 Å². The maximum absolute atomic E-state index is 13.1. The average molecular weight is 433 g/mol. The molecule has 32 heavy (non-hydrogen) atoms. The number of nitrogens with one attached hydrogen (secondary N) is 1. The lowest BCUT2D eigenvalue weighted by atomic mass is 10.1. The third kappa shape index (κ3) is 3.47. The molecule has 4 aromatic carbocycles. The number of benzene rings is 4. The number of ketones is 1. The monoisotopic (exact) mass is 432 g/mol. The van der Waals surface area contributed by atoms with Crippen LogP contribution in [0.4, 0.5) is 5.69 Å². The van der Waals surface area contributed by atoms with Crippen molar-refractivity contribution >= 4 is 29.1 Å². The third-order valence-corrected chi connectivity index (χ3v) is 6.49. The first kappa shape index (κ1) is 19.8. The van der Waals surface area contributed by atoms with Gasteiger partial charge in [0.05, 0.1) is 11.1 Å². The van der Waals surface area contributed by atoms with E-state index >= 15 is 0 Å². The Kier molecular flexibility index (Phi) is 5.06. The smallest absolute Gasteiger partial charge is 0.256 e. The topological polar surface area (TPSA) is 70.0 Å². The molecule has 1 N–H and O–H groups in total. The maximum Gasteiger partial charge on any atom is 0.256 e. The molecule has 0 radical (unpaired) electrons. The van der Waals surface area contributed by atoms with Crippen LogP contribution in [0.15, 0.2) is 101 Å². The number of rotatable bonds is 4. The van der Waals surface area contributed by atoms with Crippen molar-refractivity contribution < 1.29 is 9.59 Å². The first-order chi connectivity index (χ1) is 15.7. The summed E-state index contributed by atoms with van der Waals surface area (Å²) in [6.07, 6.45) is 0. The Morgan fingerprint density at radius 3 is 2.22 bits per heavy atom. The number of nitrogens with zero attached hydrogens (tertiary/aromatic N) is 1. The zero-order chi connectivity index (χ0) is 22.1. The van der Waals surface area contributed by atoms with Crippen molar-refractivity contribution in [3.63, 3.8) is 0 Å². The zero-order valence-corrected chi connectivity index (χ0v) is 17.6. The van der Waals surface area contributed by atoms with Gasteiger partial charge in [0.1, 0.15) is 6.07 Å². The van der Waals surface area contributed by atoms with Gasteiger partial charge in [-0.2, -0.15) is 5.26 Å².